The Bertz CT molecular complexity index is 321. The lowest BCUT2D eigenvalue weighted by molar-refractivity contribution is -0.132. The Labute approximate surface area is 85.2 Å². The van der Waals surface area contributed by atoms with Gasteiger partial charge in [-0.15, -0.1) is 0 Å². The van der Waals surface area contributed by atoms with E-state index < -0.39 is 9.84 Å². The van der Waals surface area contributed by atoms with Crippen molar-refractivity contribution in [1.82, 2.24) is 4.90 Å². The fraction of sp³-hybridized carbons (Fsp3) is 0.889. The lowest BCUT2D eigenvalue weighted by Crippen LogP contribution is -2.44. The van der Waals surface area contributed by atoms with Gasteiger partial charge in [-0.25, -0.2) is 8.42 Å². The first-order chi connectivity index (χ1) is 6.33. The molecule has 1 aliphatic rings. The minimum Gasteiger partial charge on any atom is -0.336 e. The molecule has 82 valence electrons. The Morgan fingerprint density at radius 2 is 2.00 bits per heavy atom. The van der Waals surface area contributed by atoms with E-state index in [1.54, 1.807) is 4.90 Å². The van der Waals surface area contributed by atoms with Crippen molar-refractivity contribution in [2.75, 3.05) is 11.5 Å². The van der Waals surface area contributed by atoms with E-state index >= 15 is 0 Å². The molecule has 0 aromatic heterocycles. The second-order valence-corrected chi connectivity index (χ2v) is 6.31. The molecule has 1 atom stereocenters. The minimum absolute atomic E-state index is 0.0397. The molecular formula is C9H17NO3S. The summed E-state index contributed by atoms with van der Waals surface area (Å²) in [5, 5.41) is 0. The molecule has 5 heteroatoms. The van der Waals surface area contributed by atoms with Crippen LogP contribution in [0.15, 0.2) is 0 Å². The van der Waals surface area contributed by atoms with Crippen LogP contribution in [0.3, 0.4) is 0 Å². The third kappa shape index (κ3) is 2.47. The largest absolute Gasteiger partial charge is 0.336 e. The van der Waals surface area contributed by atoms with Gasteiger partial charge in [-0.3, -0.25) is 4.79 Å². The Morgan fingerprint density at radius 3 is 2.29 bits per heavy atom. The zero-order valence-electron chi connectivity index (χ0n) is 8.86. The van der Waals surface area contributed by atoms with Crippen LogP contribution in [-0.4, -0.2) is 42.8 Å². The summed E-state index contributed by atoms with van der Waals surface area (Å²) < 4.78 is 22.5. The van der Waals surface area contributed by atoms with Crippen LogP contribution < -0.4 is 0 Å². The van der Waals surface area contributed by atoms with Crippen LogP contribution in [0.1, 0.15) is 27.2 Å². The zero-order valence-corrected chi connectivity index (χ0v) is 9.67. The monoisotopic (exact) mass is 219 g/mol. The SMILES string of the molecule is CC(=O)N(C(C)C)[C@@H]1CCS(=O)(=O)C1. The summed E-state index contributed by atoms with van der Waals surface area (Å²) in [5.74, 6) is 0.306. The van der Waals surface area contributed by atoms with Crippen molar-refractivity contribution < 1.29 is 13.2 Å². The highest BCUT2D eigenvalue weighted by Gasteiger charge is 2.34. The maximum atomic E-state index is 11.3. The van der Waals surface area contributed by atoms with Crippen LogP contribution in [-0.2, 0) is 14.6 Å². The molecule has 1 amide bonds. The molecule has 4 nitrogen and oxygen atoms in total. The van der Waals surface area contributed by atoms with E-state index in [1.165, 1.54) is 6.92 Å². The number of hydrogen-bond acceptors (Lipinski definition) is 3. The van der Waals surface area contributed by atoms with E-state index in [0.717, 1.165) is 0 Å². The molecule has 1 rings (SSSR count). The van der Waals surface area contributed by atoms with Crippen LogP contribution in [0.25, 0.3) is 0 Å². The van der Waals surface area contributed by atoms with Gasteiger partial charge < -0.3 is 4.90 Å². The molecule has 0 bridgehead atoms. The van der Waals surface area contributed by atoms with Gasteiger partial charge in [0.25, 0.3) is 0 Å². The second-order valence-electron chi connectivity index (χ2n) is 4.08. The lowest BCUT2D eigenvalue weighted by Gasteiger charge is -2.30. The van der Waals surface area contributed by atoms with E-state index in [2.05, 4.69) is 0 Å². The zero-order chi connectivity index (χ0) is 10.9. The molecule has 0 N–H and O–H groups in total. The van der Waals surface area contributed by atoms with Crippen LogP contribution in [0.2, 0.25) is 0 Å². The van der Waals surface area contributed by atoms with Gasteiger partial charge in [0, 0.05) is 19.0 Å². The molecule has 0 radical (unpaired) electrons. The number of amides is 1. The maximum Gasteiger partial charge on any atom is 0.219 e. The highest BCUT2D eigenvalue weighted by Crippen LogP contribution is 2.19. The minimum atomic E-state index is -2.90. The van der Waals surface area contributed by atoms with Crippen molar-refractivity contribution in [1.29, 1.82) is 0 Å². The number of nitrogens with zero attached hydrogens (tertiary/aromatic N) is 1. The van der Waals surface area contributed by atoms with Crippen molar-refractivity contribution in [3.05, 3.63) is 0 Å². The van der Waals surface area contributed by atoms with Gasteiger partial charge in [0.05, 0.1) is 11.5 Å². The number of sulfone groups is 1. The van der Waals surface area contributed by atoms with Crippen LogP contribution in [0.5, 0.6) is 0 Å². The smallest absolute Gasteiger partial charge is 0.219 e. The van der Waals surface area contributed by atoms with Gasteiger partial charge in [-0.05, 0) is 20.3 Å². The van der Waals surface area contributed by atoms with Crippen LogP contribution in [0, 0.1) is 0 Å². The van der Waals surface area contributed by atoms with E-state index in [9.17, 15) is 13.2 Å². The van der Waals surface area contributed by atoms with E-state index in [-0.39, 0.29) is 29.5 Å². The predicted octanol–water partition coefficient (Wildman–Crippen LogP) is 0.430. The number of hydrogen-bond donors (Lipinski definition) is 0. The van der Waals surface area contributed by atoms with E-state index in [4.69, 9.17) is 0 Å². The van der Waals surface area contributed by atoms with Crippen molar-refractivity contribution in [3.63, 3.8) is 0 Å². The molecule has 0 aromatic rings. The quantitative estimate of drug-likeness (QED) is 0.677. The standard InChI is InChI=1S/C9H17NO3S/c1-7(2)10(8(3)11)9-4-5-14(12,13)6-9/h7,9H,4-6H2,1-3H3/t9-/m1/s1. The van der Waals surface area contributed by atoms with Crippen LogP contribution >= 0.6 is 0 Å². The van der Waals surface area contributed by atoms with E-state index in [0.29, 0.717) is 6.42 Å². The van der Waals surface area contributed by atoms with Crippen molar-refractivity contribution >= 4 is 15.7 Å². The fourth-order valence-electron chi connectivity index (χ4n) is 2.04. The topological polar surface area (TPSA) is 54.5 Å². The van der Waals surface area contributed by atoms with Gasteiger partial charge in [-0.1, -0.05) is 0 Å². The second kappa shape index (κ2) is 3.88. The van der Waals surface area contributed by atoms with Gasteiger partial charge in [0.15, 0.2) is 9.84 Å². The average molecular weight is 219 g/mol. The molecule has 1 saturated heterocycles. The van der Waals surface area contributed by atoms with Gasteiger partial charge in [0.1, 0.15) is 0 Å². The molecule has 1 aliphatic heterocycles. The normalized spacial score (nSPS) is 25.3. The van der Waals surface area contributed by atoms with Crippen molar-refractivity contribution in [2.45, 2.75) is 39.3 Å². The predicted molar refractivity (Wildman–Crippen MR) is 54.7 cm³/mol. The Kier molecular flexibility index (Phi) is 3.19. The lowest BCUT2D eigenvalue weighted by atomic mass is 10.2. The summed E-state index contributed by atoms with van der Waals surface area (Å²) in [6.07, 6.45) is 0.583. The van der Waals surface area contributed by atoms with Crippen molar-refractivity contribution in [3.8, 4) is 0 Å². The molecule has 0 unspecified atom stereocenters. The summed E-state index contributed by atoms with van der Waals surface area (Å²) in [7, 11) is -2.90. The number of carbonyl (C=O) groups excluding carboxylic acids is 1. The summed E-state index contributed by atoms with van der Waals surface area (Å²) in [5.41, 5.74) is 0. The maximum absolute atomic E-state index is 11.3. The third-order valence-corrected chi connectivity index (χ3v) is 4.27. The Hall–Kier alpha value is -0.580. The van der Waals surface area contributed by atoms with Gasteiger partial charge in [0.2, 0.25) is 5.91 Å². The fourth-order valence-corrected chi connectivity index (χ4v) is 3.75. The summed E-state index contributed by atoms with van der Waals surface area (Å²) in [6.45, 7) is 5.31. The van der Waals surface area contributed by atoms with Gasteiger partial charge >= 0.3 is 0 Å². The highest BCUT2D eigenvalue weighted by molar-refractivity contribution is 7.91. The Balaban J connectivity index is 2.78. The first-order valence-electron chi connectivity index (χ1n) is 4.83. The first kappa shape index (κ1) is 11.5. The summed E-state index contributed by atoms with van der Waals surface area (Å²) >= 11 is 0. The van der Waals surface area contributed by atoms with Gasteiger partial charge in [-0.2, -0.15) is 0 Å². The summed E-state index contributed by atoms with van der Waals surface area (Å²) in [4.78, 5) is 13.0. The molecule has 0 aromatic carbocycles. The summed E-state index contributed by atoms with van der Waals surface area (Å²) in [6, 6.07) is -0.0386. The average Bonchev–Trinajstić information content (AvgIpc) is 2.28. The molecule has 1 heterocycles. The first-order valence-corrected chi connectivity index (χ1v) is 6.65. The van der Waals surface area contributed by atoms with E-state index in [1.807, 2.05) is 13.8 Å². The Morgan fingerprint density at radius 1 is 1.43 bits per heavy atom. The van der Waals surface area contributed by atoms with Crippen molar-refractivity contribution in [2.24, 2.45) is 0 Å². The highest BCUT2D eigenvalue weighted by atomic mass is 32.2. The molecule has 0 saturated carbocycles. The third-order valence-electron chi connectivity index (χ3n) is 2.52. The molecular weight excluding hydrogens is 202 g/mol. The number of rotatable bonds is 2. The molecule has 0 aliphatic carbocycles. The number of carbonyl (C=O) groups is 1. The molecule has 0 spiro atoms. The van der Waals surface area contributed by atoms with Crippen LogP contribution in [0.4, 0.5) is 0 Å². The molecule has 14 heavy (non-hydrogen) atoms. The molecule has 1 fully saturated rings.